The van der Waals surface area contributed by atoms with E-state index in [4.69, 9.17) is 4.74 Å². The molecule has 1 atom stereocenters. The van der Waals surface area contributed by atoms with Crippen LogP contribution in [-0.2, 0) is 16.1 Å². The molecule has 1 saturated heterocycles. The maximum Gasteiger partial charge on any atom is 0.237 e. The van der Waals surface area contributed by atoms with Crippen molar-refractivity contribution in [2.45, 2.75) is 19.0 Å². The van der Waals surface area contributed by atoms with Crippen LogP contribution in [0.1, 0.15) is 12.0 Å². The SMILES string of the molecule is COc1ccc(CN2CCNC(=O)C2CC(=O)NCCN(C)C)c(F)c1. The Balaban J connectivity index is 2.01. The lowest BCUT2D eigenvalue weighted by Crippen LogP contribution is -2.56. The van der Waals surface area contributed by atoms with Crippen molar-refractivity contribution in [1.29, 1.82) is 0 Å². The maximum atomic E-state index is 14.2. The highest BCUT2D eigenvalue weighted by Gasteiger charge is 2.32. The molecule has 8 heteroatoms. The largest absolute Gasteiger partial charge is 0.497 e. The van der Waals surface area contributed by atoms with E-state index in [9.17, 15) is 14.0 Å². The molecule has 0 aliphatic carbocycles. The first-order valence-electron chi connectivity index (χ1n) is 8.66. The Morgan fingerprint density at radius 1 is 1.46 bits per heavy atom. The van der Waals surface area contributed by atoms with Crippen LogP contribution in [0.3, 0.4) is 0 Å². The quantitative estimate of drug-likeness (QED) is 0.688. The van der Waals surface area contributed by atoms with Gasteiger partial charge in [-0.3, -0.25) is 14.5 Å². The number of rotatable bonds is 8. The average molecular weight is 366 g/mol. The molecule has 2 rings (SSSR count). The summed E-state index contributed by atoms with van der Waals surface area (Å²) in [5.41, 5.74) is 0.471. The van der Waals surface area contributed by atoms with Gasteiger partial charge in [0, 0.05) is 44.4 Å². The lowest BCUT2D eigenvalue weighted by Gasteiger charge is -2.34. The van der Waals surface area contributed by atoms with E-state index in [0.717, 1.165) is 6.54 Å². The van der Waals surface area contributed by atoms with Crippen LogP contribution in [0.15, 0.2) is 18.2 Å². The Labute approximate surface area is 153 Å². The zero-order valence-corrected chi connectivity index (χ0v) is 15.5. The Bertz CT molecular complexity index is 639. The van der Waals surface area contributed by atoms with Gasteiger partial charge in [-0.25, -0.2) is 4.39 Å². The van der Waals surface area contributed by atoms with Gasteiger partial charge in [0.2, 0.25) is 11.8 Å². The van der Waals surface area contributed by atoms with Crippen molar-refractivity contribution in [2.24, 2.45) is 0 Å². The second-order valence-corrected chi connectivity index (χ2v) is 6.59. The van der Waals surface area contributed by atoms with Crippen molar-refractivity contribution >= 4 is 11.8 Å². The molecule has 0 aromatic heterocycles. The molecule has 1 fully saturated rings. The van der Waals surface area contributed by atoms with E-state index in [1.54, 1.807) is 12.1 Å². The molecule has 1 aliphatic heterocycles. The third-order valence-electron chi connectivity index (χ3n) is 4.34. The number of nitrogens with one attached hydrogen (secondary N) is 2. The van der Waals surface area contributed by atoms with E-state index >= 15 is 0 Å². The summed E-state index contributed by atoms with van der Waals surface area (Å²) in [6.45, 7) is 2.55. The molecule has 0 saturated carbocycles. The number of nitrogens with zero attached hydrogens (tertiary/aromatic N) is 2. The fourth-order valence-corrected chi connectivity index (χ4v) is 2.84. The van der Waals surface area contributed by atoms with Gasteiger partial charge in [-0.05, 0) is 20.2 Å². The number of methoxy groups -OCH3 is 1. The molecule has 144 valence electrons. The minimum Gasteiger partial charge on any atom is -0.497 e. The molecule has 7 nitrogen and oxygen atoms in total. The molecule has 1 unspecified atom stereocenters. The van der Waals surface area contributed by atoms with E-state index in [2.05, 4.69) is 10.6 Å². The van der Waals surface area contributed by atoms with Crippen LogP contribution in [0.5, 0.6) is 5.75 Å². The van der Waals surface area contributed by atoms with E-state index in [0.29, 0.717) is 30.9 Å². The molecule has 2 amide bonds. The number of carbonyl (C=O) groups is 2. The van der Waals surface area contributed by atoms with Crippen LogP contribution >= 0.6 is 0 Å². The summed E-state index contributed by atoms with van der Waals surface area (Å²) in [5, 5.41) is 5.59. The molecule has 0 radical (unpaired) electrons. The summed E-state index contributed by atoms with van der Waals surface area (Å²) in [5.74, 6) is -0.328. The van der Waals surface area contributed by atoms with Gasteiger partial charge in [0.15, 0.2) is 0 Å². The molecular weight excluding hydrogens is 339 g/mol. The van der Waals surface area contributed by atoms with Crippen LogP contribution < -0.4 is 15.4 Å². The number of likely N-dealkylation sites (N-methyl/N-ethyl adjacent to an activating group) is 1. The monoisotopic (exact) mass is 366 g/mol. The summed E-state index contributed by atoms with van der Waals surface area (Å²) in [4.78, 5) is 28.2. The van der Waals surface area contributed by atoms with Gasteiger partial charge in [-0.15, -0.1) is 0 Å². The van der Waals surface area contributed by atoms with E-state index in [1.807, 2.05) is 23.9 Å². The maximum absolute atomic E-state index is 14.2. The minimum atomic E-state index is -0.607. The van der Waals surface area contributed by atoms with E-state index in [1.165, 1.54) is 13.2 Å². The van der Waals surface area contributed by atoms with Crippen molar-refractivity contribution in [1.82, 2.24) is 20.4 Å². The standard InChI is InChI=1S/C18H27FN4O3/c1-22(2)8-6-20-17(24)11-16-18(25)21-7-9-23(16)12-13-4-5-14(26-3)10-15(13)19/h4-5,10,16H,6-9,11-12H2,1-3H3,(H,20,24)(H,21,25). The Kier molecular flexibility index (Phi) is 7.35. The van der Waals surface area contributed by atoms with E-state index in [-0.39, 0.29) is 30.6 Å². The summed E-state index contributed by atoms with van der Waals surface area (Å²) in [6.07, 6.45) is 0.0526. The van der Waals surface area contributed by atoms with Gasteiger partial charge in [0.25, 0.3) is 0 Å². The van der Waals surface area contributed by atoms with Crippen LogP contribution in [0.4, 0.5) is 4.39 Å². The number of hydrogen-bond acceptors (Lipinski definition) is 5. The molecule has 0 bridgehead atoms. The first-order chi connectivity index (χ1) is 12.4. The van der Waals surface area contributed by atoms with Crippen molar-refractivity contribution in [3.8, 4) is 5.75 Å². The number of benzene rings is 1. The van der Waals surface area contributed by atoms with Crippen molar-refractivity contribution in [2.75, 3.05) is 47.4 Å². The second kappa shape index (κ2) is 9.49. The third-order valence-corrected chi connectivity index (χ3v) is 4.34. The molecule has 1 heterocycles. The predicted octanol–water partition coefficient (Wildman–Crippen LogP) is 0.203. The van der Waals surface area contributed by atoms with Crippen LogP contribution in [0.2, 0.25) is 0 Å². The highest BCUT2D eigenvalue weighted by molar-refractivity contribution is 5.88. The lowest BCUT2D eigenvalue weighted by atomic mass is 10.1. The number of amides is 2. The Morgan fingerprint density at radius 2 is 2.23 bits per heavy atom. The summed E-state index contributed by atoms with van der Waals surface area (Å²) >= 11 is 0. The van der Waals surface area contributed by atoms with Crippen LogP contribution in [-0.4, -0.2) is 75.0 Å². The smallest absolute Gasteiger partial charge is 0.237 e. The Morgan fingerprint density at radius 3 is 2.88 bits per heavy atom. The first kappa shape index (κ1) is 20.1. The summed E-state index contributed by atoms with van der Waals surface area (Å²) < 4.78 is 19.2. The van der Waals surface area contributed by atoms with Gasteiger partial charge < -0.3 is 20.3 Å². The first-order valence-corrected chi connectivity index (χ1v) is 8.66. The molecule has 1 aromatic carbocycles. The number of halogens is 1. The van der Waals surface area contributed by atoms with Gasteiger partial charge in [-0.2, -0.15) is 0 Å². The van der Waals surface area contributed by atoms with Gasteiger partial charge in [0.05, 0.1) is 19.6 Å². The molecular formula is C18H27FN4O3. The lowest BCUT2D eigenvalue weighted by molar-refractivity contribution is -0.134. The zero-order valence-electron chi connectivity index (χ0n) is 15.5. The predicted molar refractivity (Wildman–Crippen MR) is 96.3 cm³/mol. The second-order valence-electron chi connectivity index (χ2n) is 6.59. The number of carbonyl (C=O) groups excluding carboxylic acids is 2. The van der Waals surface area contributed by atoms with Crippen molar-refractivity contribution in [3.63, 3.8) is 0 Å². The fourth-order valence-electron chi connectivity index (χ4n) is 2.84. The average Bonchev–Trinajstić information content (AvgIpc) is 2.59. The van der Waals surface area contributed by atoms with Gasteiger partial charge in [0.1, 0.15) is 11.6 Å². The number of ether oxygens (including phenoxy) is 1. The molecule has 0 spiro atoms. The fraction of sp³-hybridized carbons (Fsp3) is 0.556. The molecule has 1 aromatic rings. The molecule has 1 aliphatic rings. The van der Waals surface area contributed by atoms with Crippen LogP contribution in [0.25, 0.3) is 0 Å². The summed E-state index contributed by atoms with van der Waals surface area (Å²) in [6, 6.07) is 4.05. The highest BCUT2D eigenvalue weighted by atomic mass is 19.1. The highest BCUT2D eigenvalue weighted by Crippen LogP contribution is 2.20. The Hall–Kier alpha value is -2.19. The van der Waals surface area contributed by atoms with Crippen molar-refractivity contribution in [3.05, 3.63) is 29.6 Å². The van der Waals surface area contributed by atoms with Gasteiger partial charge >= 0.3 is 0 Å². The third kappa shape index (κ3) is 5.67. The zero-order chi connectivity index (χ0) is 19.1. The molecule has 26 heavy (non-hydrogen) atoms. The van der Waals surface area contributed by atoms with E-state index < -0.39 is 6.04 Å². The normalized spacial score (nSPS) is 17.9. The minimum absolute atomic E-state index is 0.0526. The van der Waals surface area contributed by atoms with Crippen molar-refractivity contribution < 1.29 is 18.7 Å². The topological polar surface area (TPSA) is 73.9 Å². The number of hydrogen-bond donors (Lipinski definition) is 2. The van der Waals surface area contributed by atoms with Gasteiger partial charge in [-0.1, -0.05) is 6.07 Å². The van der Waals surface area contributed by atoms with Crippen LogP contribution in [0, 0.1) is 5.82 Å². The molecule has 2 N–H and O–H groups in total. The summed E-state index contributed by atoms with van der Waals surface area (Å²) in [7, 11) is 5.33. The number of piperazine rings is 1.